The van der Waals surface area contributed by atoms with Crippen LogP contribution in [-0.4, -0.2) is 44.9 Å². The molecule has 0 spiro atoms. The van der Waals surface area contributed by atoms with Crippen LogP contribution < -0.4 is 5.32 Å². The number of aromatic nitrogens is 3. The molecule has 0 amide bonds. The molecule has 1 aliphatic carbocycles. The van der Waals surface area contributed by atoms with E-state index in [-0.39, 0.29) is 0 Å². The van der Waals surface area contributed by atoms with Crippen LogP contribution in [0, 0.1) is 5.92 Å². The number of rotatable bonds is 5. The van der Waals surface area contributed by atoms with Gasteiger partial charge >= 0.3 is 0 Å². The predicted octanol–water partition coefficient (Wildman–Crippen LogP) is 1.69. The first-order chi connectivity index (χ1) is 10.4. The van der Waals surface area contributed by atoms with Gasteiger partial charge in [0.1, 0.15) is 0 Å². The van der Waals surface area contributed by atoms with E-state index in [1.807, 2.05) is 16.7 Å². The average Bonchev–Trinajstić information content (AvgIpc) is 3.25. The van der Waals surface area contributed by atoms with Crippen LogP contribution in [0.2, 0.25) is 0 Å². The summed E-state index contributed by atoms with van der Waals surface area (Å²) in [5, 5.41) is 3.73. The Morgan fingerprint density at radius 2 is 2.05 bits per heavy atom. The molecule has 5 nitrogen and oxygen atoms in total. The third kappa shape index (κ3) is 3.24. The molecule has 1 saturated heterocycles. The van der Waals surface area contributed by atoms with Crippen molar-refractivity contribution < 1.29 is 0 Å². The molecule has 1 aliphatic heterocycles. The lowest BCUT2D eigenvalue weighted by atomic mass is 10.0. The zero-order valence-corrected chi connectivity index (χ0v) is 12.4. The number of fused-ring (bicyclic) bond motifs is 1. The van der Waals surface area contributed by atoms with Crippen LogP contribution in [0.1, 0.15) is 31.4 Å². The standard InChI is InChI=1S/C16H23N5/c1-6-17-16-19-15(12-21(16)7-1)11-20-8-4-14(5-9-20)18-10-13-2-3-13/h1,6-7,12-14,18H,2-5,8-11H2. The van der Waals surface area contributed by atoms with E-state index in [2.05, 4.69) is 26.4 Å². The van der Waals surface area contributed by atoms with Crippen LogP contribution in [0.15, 0.2) is 24.7 Å². The van der Waals surface area contributed by atoms with Gasteiger partial charge in [-0.2, -0.15) is 0 Å². The van der Waals surface area contributed by atoms with E-state index in [1.165, 1.54) is 45.3 Å². The Labute approximate surface area is 125 Å². The summed E-state index contributed by atoms with van der Waals surface area (Å²) in [5.41, 5.74) is 1.12. The SMILES string of the molecule is c1cnc2nc(CN3CCC(NCC4CC4)CC3)cn2c1. The first kappa shape index (κ1) is 13.2. The molecule has 0 unspecified atom stereocenters. The minimum atomic E-state index is 0.726. The third-order valence-electron chi connectivity index (χ3n) is 4.65. The van der Waals surface area contributed by atoms with Crippen LogP contribution in [0.5, 0.6) is 0 Å². The molecule has 21 heavy (non-hydrogen) atoms. The Hall–Kier alpha value is -1.46. The quantitative estimate of drug-likeness (QED) is 0.908. The van der Waals surface area contributed by atoms with E-state index < -0.39 is 0 Å². The molecule has 2 aromatic rings. The van der Waals surface area contributed by atoms with Crippen molar-refractivity contribution in [2.24, 2.45) is 5.92 Å². The van der Waals surface area contributed by atoms with Gasteiger partial charge in [-0.15, -0.1) is 0 Å². The number of imidazole rings is 1. The maximum atomic E-state index is 4.59. The van der Waals surface area contributed by atoms with Gasteiger partial charge in [-0.1, -0.05) is 0 Å². The Balaban J connectivity index is 1.29. The van der Waals surface area contributed by atoms with Gasteiger partial charge < -0.3 is 5.32 Å². The monoisotopic (exact) mass is 285 g/mol. The summed E-state index contributed by atoms with van der Waals surface area (Å²) >= 11 is 0. The molecule has 112 valence electrons. The van der Waals surface area contributed by atoms with E-state index >= 15 is 0 Å². The predicted molar refractivity (Wildman–Crippen MR) is 82.0 cm³/mol. The summed E-state index contributed by atoms with van der Waals surface area (Å²) in [4.78, 5) is 11.4. The molecule has 4 rings (SSSR count). The van der Waals surface area contributed by atoms with Gasteiger partial charge in [0, 0.05) is 44.3 Å². The van der Waals surface area contributed by atoms with Crippen molar-refractivity contribution in [2.45, 2.75) is 38.3 Å². The number of piperidine rings is 1. The maximum absolute atomic E-state index is 4.59. The van der Waals surface area contributed by atoms with Gasteiger partial charge in [0.15, 0.2) is 0 Å². The van der Waals surface area contributed by atoms with E-state index in [1.54, 1.807) is 6.20 Å². The van der Waals surface area contributed by atoms with Gasteiger partial charge in [-0.25, -0.2) is 9.97 Å². The lowest BCUT2D eigenvalue weighted by Gasteiger charge is -2.32. The van der Waals surface area contributed by atoms with Crippen LogP contribution >= 0.6 is 0 Å². The summed E-state index contributed by atoms with van der Waals surface area (Å²) in [5.74, 6) is 1.78. The van der Waals surface area contributed by atoms with Gasteiger partial charge in [0.2, 0.25) is 5.78 Å². The first-order valence-corrected chi connectivity index (χ1v) is 8.11. The maximum Gasteiger partial charge on any atom is 0.233 e. The highest BCUT2D eigenvalue weighted by atomic mass is 15.2. The molecular weight excluding hydrogens is 262 g/mol. The molecule has 5 heteroatoms. The molecule has 0 bridgehead atoms. The molecule has 1 saturated carbocycles. The minimum absolute atomic E-state index is 0.726. The minimum Gasteiger partial charge on any atom is -0.314 e. The highest BCUT2D eigenvalue weighted by molar-refractivity contribution is 5.29. The molecule has 1 N–H and O–H groups in total. The van der Waals surface area contributed by atoms with Crippen molar-refractivity contribution in [3.63, 3.8) is 0 Å². The summed E-state index contributed by atoms with van der Waals surface area (Å²) in [7, 11) is 0. The van der Waals surface area contributed by atoms with Crippen LogP contribution in [0.4, 0.5) is 0 Å². The molecule has 2 fully saturated rings. The molecule has 2 aromatic heterocycles. The fraction of sp³-hybridized carbons (Fsp3) is 0.625. The third-order valence-corrected chi connectivity index (χ3v) is 4.65. The normalized spacial score (nSPS) is 21.1. The van der Waals surface area contributed by atoms with Crippen molar-refractivity contribution in [3.05, 3.63) is 30.4 Å². The number of hydrogen-bond acceptors (Lipinski definition) is 4. The first-order valence-electron chi connectivity index (χ1n) is 8.11. The van der Waals surface area contributed by atoms with E-state index in [9.17, 15) is 0 Å². The van der Waals surface area contributed by atoms with Crippen molar-refractivity contribution in [3.8, 4) is 0 Å². The summed E-state index contributed by atoms with van der Waals surface area (Å²) in [6.07, 6.45) is 11.3. The zero-order valence-electron chi connectivity index (χ0n) is 12.4. The van der Waals surface area contributed by atoms with E-state index in [0.29, 0.717) is 0 Å². The Morgan fingerprint density at radius 1 is 1.19 bits per heavy atom. The fourth-order valence-corrected chi connectivity index (χ4v) is 3.14. The van der Waals surface area contributed by atoms with Gasteiger partial charge in [-0.05, 0) is 44.2 Å². The van der Waals surface area contributed by atoms with Crippen LogP contribution in [-0.2, 0) is 6.54 Å². The summed E-state index contributed by atoms with van der Waals surface area (Å²) < 4.78 is 2.00. The Bertz CT molecular complexity index is 562. The lowest BCUT2D eigenvalue weighted by molar-refractivity contribution is 0.188. The number of nitrogens with one attached hydrogen (secondary N) is 1. The molecule has 0 aromatic carbocycles. The highest BCUT2D eigenvalue weighted by Gasteiger charge is 2.24. The lowest BCUT2D eigenvalue weighted by Crippen LogP contribution is -2.42. The van der Waals surface area contributed by atoms with Crippen molar-refractivity contribution in [1.29, 1.82) is 0 Å². The van der Waals surface area contributed by atoms with Crippen LogP contribution in [0.25, 0.3) is 5.78 Å². The second-order valence-electron chi connectivity index (χ2n) is 6.46. The average molecular weight is 285 g/mol. The van der Waals surface area contributed by atoms with Gasteiger partial charge in [0.25, 0.3) is 0 Å². The topological polar surface area (TPSA) is 45.5 Å². The van der Waals surface area contributed by atoms with Crippen molar-refractivity contribution in [2.75, 3.05) is 19.6 Å². The summed E-state index contributed by atoms with van der Waals surface area (Å²) in [6, 6.07) is 2.67. The second-order valence-corrected chi connectivity index (χ2v) is 6.46. The Morgan fingerprint density at radius 3 is 2.81 bits per heavy atom. The van der Waals surface area contributed by atoms with Gasteiger partial charge in [0.05, 0.1) is 5.69 Å². The fourth-order valence-electron chi connectivity index (χ4n) is 3.14. The van der Waals surface area contributed by atoms with E-state index in [4.69, 9.17) is 0 Å². The second kappa shape index (κ2) is 5.73. The number of hydrogen-bond donors (Lipinski definition) is 1. The zero-order chi connectivity index (χ0) is 14.1. The molecule has 2 aliphatic rings. The highest BCUT2D eigenvalue weighted by Crippen LogP contribution is 2.28. The molecular formula is C16H23N5. The number of likely N-dealkylation sites (tertiary alicyclic amines) is 1. The van der Waals surface area contributed by atoms with Crippen LogP contribution in [0.3, 0.4) is 0 Å². The van der Waals surface area contributed by atoms with Crippen molar-refractivity contribution >= 4 is 5.78 Å². The molecule has 0 atom stereocenters. The molecule has 3 heterocycles. The summed E-state index contributed by atoms with van der Waals surface area (Å²) in [6.45, 7) is 4.52. The van der Waals surface area contributed by atoms with Gasteiger partial charge in [-0.3, -0.25) is 9.30 Å². The smallest absolute Gasteiger partial charge is 0.233 e. The Kier molecular flexibility index (Phi) is 3.61. The molecule has 0 radical (unpaired) electrons. The number of nitrogens with zero attached hydrogens (tertiary/aromatic N) is 4. The largest absolute Gasteiger partial charge is 0.314 e. The van der Waals surface area contributed by atoms with E-state index in [0.717, 1.165) is 30.0 Å². The van der Waals surface area contributed by atoms with Crippen molar-refractivity contribution in [1.82, 2.24) is 24.6 Å².